The van der Waals surface area contributed by atoms with E-state index in [1.165, 1.54) is 0 Å². The molecular formula is C20H22N2O3. The first-order valence-corrected chi connectivity index (χ1v) is 8.39. The van der Waals surface area contributed by atoms with Gasteiger partial charge in [-0.2, -0.15) is 0 Å². The van der Waals surface area contributed by atoms with Gasteiger partial charge in [0.25, 0.3) is 0 Å². The predicted octanol–water partition coefficient (Wildman–Crippen LogP) is 3.10. The van der Waals surface area contributed by atoms with E-state index in [0.29, 0.717) is 0 Å². The number of urea groups is 1. The number of esters is 1. The van der Waals surface area contributed by atoms with Gasteiger partial charge in [0, 0.05) is 6.04 Å². The van der Waals surface area contributed by atoms with Crippen LogP contribution in [-0.2, 0) is 16.1 Å². The van der Waals surface area contributed by atoms with E-state index in [4.69, 9.17) is 4.74 Å². The Morgan fingerprint density at radius 1 is 1.04 bits per heavy atom. The van der Waals surface area contributed by atoms with Crippen LogP contribution in [0.15, 0.2) is 54.6 Å². The van der Waals surface area contributed by atoms with Crippen molar-refractivity contribution < 1.29 is 14.3 Å². The fourth-order valence-corrected chi connectivity index (χ4v) is 3.08. The summed E-state index contributed by atoms with van der Waals surface area (Å²) in [7, 11) is 0. The molecule has 2 N–H and O–H groups in total. The normalized spacial score (nSPS) is 22.6. The van der Waals surface area contributed by atoms with Gasteiger partial charge < -0.3 is 15.4 Å². The number of hydrogen-bond acceptors (Lipinski definition) is 3. The van der Waals surface area contributed by atoms with E-state index in [1.54, 1.807) is 0 Å². The summed E-state index contributed by atoms with van der Waals surface area (Å²) in [6.45, 7) is 4.06. The molecule has 3 unspecified atom stereocenters. The van der Waals surface area contributed by atoms with E-state index in [1.807, 2.05) is 68.4 Å². The Kier molecular flexibility index (Phi) is 5.03. The molecule has 1 saturated heterocycles. The molecule has 0 spiro atoms. The quantitative estimate of drug-likeness (QED) is 0.842. The van der Waals surface area contributed by atoms with Crippen molar-refractivity contribution in [3.05, 3.63) is 71.3 Å². The first-order chi connectivity index (χ1) is 12.0. The topological polar surface area (TPSA) is 67.4 Å². The van der Waals surface area contributed by atoms with Crippen LogP contribution in [-0.4, -0.2) is 18.0 Å². The average molecular weight is 338 g/mol. The minimum Gasteiger partial charge on any atom is -0.460 e. The van der Waals surface area contributed by atoms with Gasteiger partial charge in [0.1, 0.15) is 12.5 Å². The van der Waals surface area contributed by atoms with E-state index in [-0.39, 0.29) is 24.6 Å². The first kappa shape index (κ1) is 17.0. The minimum absolute atomic E-state index is 0.220. The van der Waals surface area contributed by atoms with Crippen molar-refractivity contribution in [2.75, 3.05) is 0 Å². The van der Waals surface area contributed by atoms with E-state index in [0.717, 1.165) is 16.7 Å². The Labute approximate surface area is 147 Å². The summed E-state index contributed by atoms with van der Waals surface area (Å²) in [5, 5.41) is 5.61. The molecule has 0 aromatic heterocycles. The number of nitrogens with one attached hydrogen (secondary N) is 2. The summed E-state index contributed by atoms with van der Waals surface area (Å²) in [6, 6.07) is 16.4. The lowest BCUT2D eigenvalue weighted by molar-refractivity contribution is -0.152. The second-order valence-corrected chi connectivity index (χ2v) is 6.41. The second-order valence-electron chi connectivity index (χ2n) is 6.41. The van der Waals surface area contributed by atoms with Crippen molar-refractivity contribution in [3.8, 4) is 0 Å². The Morgan fingerprint density at radius 2 is 1.72 bits per heavy atom. The van der Waals surface area contributed by atoms with Crippen LogP contribution in [0.3, 0.4) is 0 Å². The average Bonchev–Trinajstić information content (AvgIpc) is 2.61. The third-order valence-electron chi connectivity index (χ3n) is 4.48. The van der Waals surface area contributed by atoms with Gasteiger partial charge in [0.05, 0.1) is 6.04 Å². The van der Waals surface area contributed by atoms with Crippen LogP contribution in [0.1, 0.15) is 29.7 Å². The Balaban J connectivity index is 1.75. The number of carbonyl (C=O) groups excluding carboxylic acids is 2. The van der Waals surface area contributed by atoms with Gasteiger partial charge in [0.15, 0.2) is 0 Å². The van der Waals surface area contributed by atoms with Gasteiger partial charge in [-0.1, -0.05) is 60.2 Å². The van der Waals surface area contributed by atoms with Gasteiger partial charge in [-0.3, -0.25) is 4.79 Å². The number of ether oxygens (including phenoxy) is 1. The molecule has 130 valence electrons. The first-order valence-electron chi connectivity index (χ1n) is 8.39. The lowest BCUT2D eigenvalue weighted by Gasteiger charge is -2.36. The van der Waals surface area contributed by atoms with E-state index in [2.05, 4.69) is 10.6 Å². The maximum Gasteiger partial charge on any atom is 0.315 e. The molecule has 2 amide bonds. The van der Waals surface area contributed by atoms with Crippen molar-refractivity contribution in [2.24, 2.45) is 5.92 Å². The molecule has 1 heterocycles. The molecule has 0 saturated carbocycles. The number of rotatable bonds is 4. The van der Waals surface area contributed by atoms with Crippen molar-refractivity contribution in [2.45, 2.75) is 32.5 Å². The fourth-order valence-electron chi connectivity index (χ4n) is 3.08. The third kappa shape index (κ3) is 3.99. The van der Waals surface area contributed by atoms with Gasteiger partial charge >= 0.3 is 12.0 Å². The van der Waals surface area contributed by atoms with Crippen LogP contribution >= 0.6 is 0 Å². The van der Waals surface area contributed by atoms with E-state index in [9.17, 15) is 9.59 Å². The van der Waals surface area contributed by atoms with Gasteiger partial charge in [-0.05, 0) is 25.0 Å². The maximum absolute atomic E-state index is 12.7. The zero-order valence-electron chi connectivity index (χ0n) is 14.4. The van der Waals surface area contributed by atoms with E-state index < -0.39 is 12.0 Å². The Hall–Kier alpha value is -2.82. The van der Waals surface area contributed by atoms with Crippen LogP contribution < -0.4 is 10.6 Å². The highest BCUT2D eigenvalue weighted by Gasteiger charge is 2.40. The van der Waals surface area contributed by atoms with Crippen LogP contribution in [0, 0.1) is 12.8 Å². The molecule has 0 bridgehead atoms. The van der Waals surface area contributed by atoms with E-state index >= 15 is 0 Å². The summed E-state index contributed by atoms with van der Waals surface area (Å²) in [5.74, 6) is -0.819. The van der Waals surface area contributed by atoms with Crippen molar-refractivity contribution in [1.82, 2.24) is 10.6 Å². The lowest BCUT2D eigenvalue weighted by atomic mass is 9.86. The molecule has 2 aromatic carbocycles. The Bertz CT molecular complexity index is 743. The molecule has 3 atom stereocenters. The van der Waals surface area contributed by atoms with Crippen molar-refractivity contribution >= 4 is 12.0 Å². The highest BCUT2D eigenvalue weighted by molar-refractivity contribution is 5.82. The van der Waals surface area contributed by atoms with Gasteiger partial charge in [-0.25, -0.2) is 4.79 Å². The number of benzene rings is 2. The highest BCUT2D eigenvalue weighted by atomic mass is 16.5. The zero-order chi connectivity index (χ0) is 17.8. The molecule has 3 rings (SSSR count). The molecular weight excluding hydrogens is 316 g/mol. The third-order valence-corrected chi connectivity index (χ3v) is 4.48. The lowest BCUT2D eigenvalue weighted by Crippen LogP contribution is -2.57. The molecule has 0 radical (unpaired) electrons. The molecule has 0 aliphatic carbocycles. The van der Waals surface area contributed by atoms with Gasteiger partial charge in [0.2, 0.25) is 0 Å². The summed E-state index contributed by atoms with van der Waals surface area (Å²) in [6.07, 6.45) is 0. The molecule has 5 heteroatoms. The summed E-state index contributed by atoms with van der Waals surface area (Å²) in [4.78, 5) is 24.6. The monoisotopic (exact) mass is 338 g/mol. The smallest absolute Gasteiger partial charge is 0.315 e. The largest absolute Gasteiger partial charge is 0.460 e. The molecule has 5 nitrogen and oxygen atoms in total. The standard InChI is InChI=1S/C20H22N2O3/c1-13-8-10-15(11-9-13)12-25-19(23)17-14(2)21-20(24)22-18(17)16-6-4-3-5-7-16/h3-11,14,17-18H,12H2,1-2H3,(H2,21,22,24). The maximum atomic E-state index is 12.7. The van der Waals surface area contributed by atoms with Crippen LogP contribution in [0.4, 0.5) is 4.79 Å². The summed E-state index contributed by atoms with van der Waals surface area (Å²) in [5.41, 5.74) is 2.99. The molecule has 1 aliphatic heterocycles. The fraction of sp³-hybridized carbons (Fsp3) is 0.300. The number of carbonyl (C=O) groups is 2. The zero-order valence-corrected chi connectivity index (χ0v) is 14.4. The number of amides is 2. The van der Waals surface area contributed by atoms with Crippen LogP contribution in [0.25, 0.3) is 0 Å². The van der Waals surface area contributed by atoms with Crippen LogP contribution in [0.5, 0.6) is 0 Å². The molecule has 2 aromatic rings. The highest BCUT2D eigenvalue weighted by Crippen LogP contribution is 2.29. The van der Waals surface area contributed by atoms with Gasteiger partial charge in [-0.15, -0.1) is 0 Å². The minimum atomic E-state index is -0.495. The molecule has 1 fully saturated rings. The number of aryl methyl sites for hydroxylation is 1. The van der Waals surface area contributed by atoms with Crippen LogP contribution in [0.2, 0.25) is 0 Å². The SMILES string of the molecule is Cc1ccc(COC(=O)C2C(C)NC(=O)NC2c2ccccc2)cc1. The van der Waals surface area contributed by atoms with Crippen molar-refractivity contribution in [3.63, 3.8) is 0 Å². The second kappa shape index (κ2) is 7.38. The molecule has 1 aliphatic rings. The van der Waals surface area contributed by atoms with Crippen molar-refractivity contribution in [1.29, 1.82) is 0 Å². The Morgan fingerprint density at radius 3 is 2.40 bits per heavy atom. The summed E-state index contributed by atoms with van der Waals surface area (Å²) >= 11 is 0. The predicted molar refractivity (Wildman–Crippen MR) is 94.8 cm³/mol. The molecule has 25 heavy (non-hydrogen) atoms. The summed E-state index contributed by atoms with van der Waals surface area (Å²) < 4.78 is 5.53. The number of hydrogen-bond donors (Lipinski definition) is 2.